The predicted octanol–water partition coefficient (Wildman–Crippen LogP) is 3.51. The van der Waals surface area contributed by atoms with Gasteiger partial charge in [0.2, 0.25) is 5.88 Å². The third-order valence-electron chi connectivity index (χ3n) is 4.07. The van der Waals surface area contributed by atoms with Gasteiger partial charge in [-0.15, -0.1) is 0 Å². The lowest BCUT2D eigenvalue weighted by Gasteiger charge is -2.32. The van der Waals surface area contributed by atoms with Gasteiger partial charge in [0, 0.05) is 22.9 Å². The maximum atomic E-state index is 12.5. The number of ketones is 1. The molecule has 0 fully saturated rings. The van der Waals surface area contributed by atoms with E-state index in [9.17, 15) is 10.1 Å². The molecular weight excluding hydrogens is 344 g/mol. The number of carbonyl (C=O) groups is 1. The SMILES string of the molecule is C[C@H]1CC(=O)C2=C(C1)OC(N)=C(C#N)[C@@H]2c1ccc(Br)cc1. The lowest BCUT2D eigenvalue weighted by atomic mass is 9.75. The van der Waals surface area contributed by atoms with Crippen molar-refractivity contribution >= 4 is 21.7 Å². The van der Waals surface area contributed by atoms with Gasteiger partial charge in [-0.2, -0.15) is 5.26 Å². The molecule has 112 valence electrons. The first-order valence-corrected chi connectivity index (χ1v) is 7.89. The Morgan fingerprint density at radius 1 is 1.32 bits per heavy atom. The van der Waals surface area contributed by atoms with Crippen molar-refractivity contribution < 1.29 is 9.53 Å². The van der Waals surface area contributed by atoms with Crippen molar-refractivity contribution in [1.29, 1.82) is 5.26 Å². The minimum Gasteiger partial charge on any atom is -0.444 e. The van der Waals surface area contributed by atoms with Crippen LogP contribution in [0, 0.1) is 17.2 Å². The molecule has 0 bridgehead atoms. The van der Waals surface area contributed by atoms with E-state index in [1.807, 2.05) is 31.2 Å². The van der Waals surface area contributed by atoms with Crippen LogP contribution in [0.5, 0.6) is 0 Å². The van der Waals surface area contributed by atoms with Crippen LogP contribution in [0.4, 0.5) is 0 Å². The van der Waals surface area contributed by atoms with Gasteiger partial charge < -0.3 is 10.5 Å². The second-order valence-electron chi connectivity index (χ2n) is 5.75. The summed E-state index contributed by atoms with van der Waals surface area (Å²) in [5, 5.41) is 9.47. The van der Waals surface area contributed by atoms with Crippen LogP contribution in [0.15, 0.2) is 51.5 Å². The van der Waals surface area contributed by atoms with E-state index >= 15 is 0 Å². The first kappa shape index (κ1) is 14.9. The molecule has 2 atom stereocenters. The second kappa shape index (κ2) is 5.62. The van der Waals surface area contributed by atoms with Crippen LogP contribution >= 0.6 is 15.9 Å². The molecule has 1 aromatic carbocycles. The van der Waals surface area contributed by atoms with Crippen molar-refractivity contribution in [2.24, 2.45) is 11.7 Å². The largest absolute Gasteiger partial charge is 0.444 e. The summed E-state index contributed by atoms with van der Waals surface area (Å²) in [4.78, 5) is 12.5. The molecule has 1 aliphatic carbocycles. The van der Waals surface area contributed by atoms with E-state index in [2.05, 4.69) is 22.0 Å². The summed E-state index contributed by atoms with van der Waals surface area (Å²) in [6, 6.07) is 9.71. The smallest absolute Gasteiger partial charge is 0.205 e. The minimum atomic E-state index is -0.429. The van der Waals surface area contributed by atoms with E-state index in [0.717, 1.165) is 10.0 Å². The van der Waals surface area contributed by atoms with Gasteiger partial charge in [-0.25, -0.2) is 0 Å². The Kier molecular flexibility index (Phi) is 3.79. The highest BCUT2D eigenvalue weighted by Crippen LogP contribution is 2.44. The van der Waals surface area contributed by atoms with E-state index in [0.29, 0.717) is 29.7 Å². The van der Waals surface area contributed by atoms with E-state index in [1.54, 1.807) is 0 Å². The van der Waals surface area contributed by atoms with Crippen molar-refractivity contribution in [3.8, 4) is 6.07 Å². The zero-order valence-electron chi connectivity index (χ0n) is 12.1. The molecule has 5 heteroatoms. The molecule has 4 nitrogen and oxygen atoms in total. The number of nitrogens with zero attached hydrogens (tertiary/aromatic N) is 1. The number of ether oxygens (including phenoxy) is 1. The molecule has 2 N–H and O–H groups in total. The molecule has 1 aliphatic heterocycles. The summed E-state index contributed by atoms with van der Waals surface area (Å²) in [7, 11) is 0. The summed E-state index contributed by atoms with van der Waals surface area (Å²) in [5.74, 6) is 0.571. The Hall–Kier alpha value is -2.06. The van der Waals surface area contributed by atoms with Crippen LogP contribution in [0.2, 0.25) is 0 Å². The average Bonchev–Trinajstić information content (AvgIpc) is 2.46. The van der Waals surface area contributed by atoms with Gasteiger partial charge in [-0.1, -0.05) is 35.0 Å². The summed E-state index contributed by atoms with van der Waals surface area (Å²) >= 11 is 3.40. The number of Topliss-reactive ketones (excluding diaryl/α,β-unsaturated/α-hetero) is 1. The van der Waals surface area contributed by atoms with E-state index in [1.165, 1.54) is 0 Å². The monoisotopic (exact) mass is 358 g/mol. The van der Waals surface area contributed by atoms with Crippen molar-refractivity contribution in [1.82, 2.24) is 0 Å². The van der Waals surface area contributed by atoms with Crippen molar-refractivity contribution in [2.75, 3.05) is 0 Å². The molecule has 0 unspecified atom stereocenters. The zero-order valence-corrected chi connectivity index (χ0v) is 13.7. The van der Waals surface area contributed by atoms with E-state index < -0.39 is 5.92 Å². The molecule has 0 amide bonds. The van der Waals surface area contributed by atoms with E-state index in [-0.39, 0.29) is 17.6 Å². The molecule has 0 saturated heterocycles. The van der Waals surface area contributed by atoms with Crippen molar-refractivity contribution in [2.45, 2.75) is 25.7 Å². The number of rotatable bonds is 1. The Bertz CT molecular complexity index is 741. The molecule has 1 heterocycles. The first-order chi connectivity index (χ1) is 10.5. The molecule has 0 radical (unpaired) electrons. The summed E-state index contributed by atoms with van der Waals surface area (Å²) in [5.41, 5.74) is 7.70. The van der Waals surface area contributed by atoms with E-state index in [4.69, 9.17) is 10.5 Å². The minimum absolute atomic E-state index is 0.0434. The van der Waals surface area contributed by atoms with Crippen LogP contribution in [0.3, 0.4) is 0 Å². The molecule has 3 rings (SSSR count). The molecule has 22 heavy (non-hydrogen) atoms. The number of carbonyl (C=O) groups excluding carboxylic acids is 1. The average molecular weight is 359 g/mol. The van der Waals surface area contributed by atoms with Crippen LogP contribution < -0.4 is 5.73 Å². The quantitative estimate of drug-likeness (QED) is 0.833. The van der Waals surface area contributed by atoms with Gasteiger partial charge in [0.05, 0.1) is 5.92 Å². The van der Waals surface area contributed by atoms with Crippen molar-refractivity contribution in [3.05, 3.63) is 57.1 Å². The van der Waals surface area contributed by atoms with Crippen molar-refractivity contribution in [3.63, 3.8) is 0 Å². The number of hydrogen-bond acceptors (Lipinski definition) is 4. The molecular formula is C17H15BrN2O2. The maximum Gasteiger partial charge on any atom is 0.205 e. The number of benzene rings is 1. The molecule has 0 saturated carbocycles. The lowest BCUT2D eigenvalue weighted by molar-refractivity contribution is -0.117. The van der Waals surface area contributed by atoms with Crippen LogP contribution in [0.1, 0.15) is 31.2 Å². The number of halogens is 1. The van der Waals surface area contributed by atoms with Crippen LogP contribution in [0.25, 0.3) is 0 Å². The normalized spacial score (nSPS) is 24.7. The fourth-order valence-corrected chi connectivity index (χ4v) is 3.35. The molecule has 0 aromatic heterocycles. The highest BCUT2D eigenvalue weighted by Gasteiger charge is 2.39. The Morgan fingerprint density at radius 2 is 2.00 bits per heavy atom. The first-order valence-electron chi connectivity index (χ1n) is 7.10. The number of hydrogen-bond donors (Lipinski definition) is 1. The highest BCUT2D eigenvalue weighted by atomic mass is 79.9. The van der Waals surface area contributed by atoms with Gasteiger partial charge in [-0.05, 0) is 23.6 Å². The molecule has 0 spiro atoms. The summed E-state index contributed by atoms with van der Waals surface area (Å²) in [6.07, 6.45) is 1.15. The number of nitrogens with two attached hydrogens (primary N) is 1. The summed E-state index contributed by atoms with van der Waals surface area (Å²) in [6.45, 7) is 2.01. The predicted molar refractivity (Wildman–Crippen MR) is 85.2 cm³/mol. The third-order valence-corrected chi connectivity index (χ3v) is 4.60. The Balaban J connectivity index is 2.16. The topological polar surface area (TPSA) is 76.1 Å². The van der Waals surface area contributed by atoms with Gasteiger partial charge in [0.1, 0.15) is 17.4 Å². The Morgan fingerprint density at radius 3 is 2.64 bits per heavy atom. The third kappa shape index (κ3) is 2.44. The second-order valence-corrected chi connectivity index (χ2v) is 6.67. The lowest BCUT2D eigenvalue weighted by Crippen LogP contribution is -2.29. The zero-order chi connectivity index (χ0) is 15.9. The Labute approximate surface area is 137 Å². The van der Waals surface area contributed by atoms with Crippen LogP contribution in [-0.4, -0.2) is 5.78 Å². The fraction of sp³-hybridized carbons (Fsp3) is 0.294. The van der Waals surface area contributed by atoms with Gasteiger partial charge in [-0.3, -0.25) is 4.79 Å². The van der Waals surface area contributed by atoms with Crippen LogP contribution in [-0.2, 0) is 9.53 Å². The van der Waals surface area contributed by atoms with Gasteiger partial charge in [0.25, 0.3) is 0 Å². The maximum absolute atomic E-state index is 12.5. The van der Waals surface area contributed by atoms with Gasteiger partial charge in [0.15, 0.2) is 5.78 Å². The summed E-state index contributed by atoms with van der Waals surface area (Å²) < 4.78 is 6.54. The molecule has 1 aromatic rings. The highest BCUT2D eigenvalue weighted by molar-refractivity contribution is 9.10. The fourth-order valence-electron chi connectivity index (χ4n) is 3.08. The number of nitriles is 1. The molecule has 2 aliphatic rings. The number of allylic oxidation sites excluding steroid dienone is 3. The standard InChI is InChI=1S/C17H15BrN2O2/c1-9-6-13(21)16-14(7-9)22-17(20)12(8-19)15(16)10-2-4-11(18)5-3-10/h2-5,9,15H,6-7,20H2,1H3/t9-,15-/m0/s1. The van der Waals surface area contributed by atoms with Gasteiger partial charge >= 0.3 is 0 Å².